The first-order chi connectivity index (χ1) is 17.5. The summed E-state index contributed by atoms with van der Waals surface area (Å²) in [6, 6.07) is 16.9. The highest BCUT2D eigenvalue weighted by Crippen LogP contribution is 2.39. The molecule has 0 unspecified atom stereocenters. The van der Waals surface area contributed by atoms with E-state index in [1.807, 2.05) is 30.3 Å². The Hall–Kier alpha value is -3.59. The number of nitrogens with one attached hydrogen (secondary N) is 1. The number of piperidine rings is 1. The minimum Gasteiger partial charge on any atom is -0.497 e. The first kappa shape index (κ1) is 25.5. The lowest BCUT2D eigenvalue weighted by atomic mass is 9.85. The molecule has 4 rings (SSSR count). The number of para-hydroxylation sites is 1. The molecule has 2 aromatic rings. The van der Waals surface area contributed by atoms with Crippen LogP contribution < -0.4 is 15.0 Å². The smallest absolute Gasteiger partial charge is 0.253 e. The molecule has 9 heteroatoms. The number of nitrogens with zero attached hydrogens (tertiary/aromatic N) is 3. The van der Waals surface area contributed by atoms with Gasteiger partial charge in [-0.3, -0.25) is 14.4 Å². The summed E-state index contributed by atoms with van der Waals surface area (Å²) in [5.74, 6) is 0.394. The van der Waals surface area contributed by atoms with Crippen LogP contribution in [0.15, 0.2) is 54.6 Å². The molecule has 9 nitrogen and oxygen atoms in total. The zero-order valence-electron chi connectivity index (χ0n) is 20.9. The van der Waals surface area contributed by atoms with Crippen molar-refractivity contribution in [2.45, 2.75) is 24.8 Å². The lowest BCUT2D eigenvalue weighted by Gasteiger charge is -2.43. The molecule has 1 N–H and O–H groups in total. The van der Waals surface area contributed by atoms with Crippen molar-refractivity contribution in [1.29, 1.82) is 0 Å². The summed E-state index contributed by atoms with van der Waals surface area (Å²) >= 11 is 0. The molecule has 2 saturated heterocycles. The molecular formula is C27H34N4O5. The van der Waals surface area contributed by atoms with Gasteiger partial charge in [0.1, 0.15) is 17.8 Å². The van der Waals surface area contributed by atoms with E-state index in [1.165, 1.54) is 0 Å². The number of methoxy groups -OCH3 is 2. The van der Waals surface area contributed by atoms with Gasteiger partial charge >= 0.3 is 0 Å². The monoisotopic (exact) mass is 494 g/mol. The van der Waals surface area contributed by atoms with Gasteiger partial charge in [-0.25, -0.2) is 0 Å². The minimum atomic E-state index is -0.783. The summed E-state index contributed by atoms with van der Waals surface area (Å²) in [6.07, 6.45) is 1.71. The molecule has 2 aliphatic rings. The number of anilines is 1. The molecule has 0 aromatic heterocycles. The van der Waals surface area contributed by atoms with Crippen LogP contribution in [0.4, 0.5) is 5.69 Å². The number of rotatable bonds is 9. The maximum atomic E-state index is 13.8. The highest BCUT2D eigenvalue weighted by Gasteiger charge is 2.54. The summed E-state index contributed by atoms with van der Waals surface area (Å²) in [5, 5.41) is 2.87. The third-order valence-corrected chi connectivity index (χ3v) is 6.98. The molecule has 3 amide bonds. The van der Waals surface area contributed by atoms with Crippen LogP contribution in [0.1, 0.15) is 29.6 Å². The predicted molar refractivity (Wildman–Crippen MR) is 136 cm³/mol. The second kappa shape index (κ2) is 11.4. The van der Waals surface area contributed by atoms with E-state index in [0.29, 0.717) is 63.5 Å². The topological polar surface area (TPSA) is 91.4 Å². The number of amides is 3. The van der Waals surface area contributed by atoms with Crippen LogP contribution in [-0.4, -0.2) is 86.7 Å². The van der Waals surface area contributed by atoms with E-state index in [4.69, 9.17) is 9.47 Å². The van der Waals surface area contributed by atoms with Crippen molar-refractivity contribution in [2.75, 3.05) is 58.6 Å². The number of carbonyl (C=O) groups excluding carboxylic acids is 3. The van der Waals surface area contributed by atoms with Crippen molar-refractivity contribution in [1.82, 2.24) is 15.1 Å². The van der Waals surface area contributed by atoms with Crippen LogP contribution in [0.25, 0.3) is 0 Å². The van der Waals surface area contributed by atoms with Crippen LogP contribution in [0.3, 0.4) is 0 Å². The Kier molecular flexibility index (Phi) is 8.10. The predicted octanol–water partition coefficient (Wildman–Crippen LogP) is 2.13. The fourth-order valence-electron chi connectivity index (χ4n) is 4.99. The molecule has 1 spiro atoms. The summed E-state index contributed by atoms with van der Waals surface area (Å²) in [7, 11) is 3.21. The van der Waals surface area contributed by atoms with Gasteiger partial charge in [0.2, 0.25) is 5.91 Å². The molecule has 2 aromatic carbocycles. The van der Waals surface area contributed by atoms with E-state index < -0.39 is 5.54 Å². The van der Waals surface area contributed by atoms with Gasteiger partial charge in [0.05, 0.1) is 13.8 Å². The lowest BCUT2D eigenvalue weighted by molar-refractivity contribution is -0.137. The number of hydrogen-bond acceptors (Lipinski definition) is 6. The lowest BCUT2D eigenvalue weighted by Crippen LogP contribution is -2.57. The molecule has 0 atom stereocenters. The number of ether oxygens (including phenoxy) is 2. The van der Waals surface area contributed by atoms with Crippen LogP contribution >= 0.6 is 0 Å². The minimum absolute atomic E-state index is 0.00535. The Morgan fingerprint density at radius 3 is 2.33 bits per heavy atom. The normalized spacial score (nSPS) is 16.9. The Balaban J connectivity index is 1.47. The molecule has 0 radical (unpaired) electrons. The van der Waals surface area contributed by atoms with E-state index >= 15 is 0 Å². The average molecular weight is 495 g/mol. The summed E-state index contributed by atoms with van der Waals surface area (Å²) in [5.41, 5.74) is 0.744. The largest absolute Gasteiger partial charge is 0.497 e. The molecule has 2 aliphatic heterocycles. The Bertz CT molecular complexity index is 1050. The van der Waals surface area contributed by atoms with Crippen LogP contribution in [0, 0.1) is 0 Å². The van der Waals surface area contributed by atoms with E-state index in [0.717, 1.165) is 5.69 Å². The van der Waals surface area contributed by atoms with Gasteiger partial charge in [0.15, 0.2) is 0 Å². The van der Waals surface area contributed by atoms with E-state index in [9.17, 15) is 14.4 Å². The highest BCUT2D eigenvalue weighted by atomic mass is 16.5. The zero-order valence-corrected chi connectivity index (χ0v) is 20.9. The van der Waals surface area contributed by atoms with E-state index in [2.05, 4.69) is 10.2 Å². The van der Waals surface area contributed by atoms with Crippen molar-refractivity contribution in [3.63, 3.8) is 0 Å². The van der Waals surface area contributed by atoms with Gasteiger partial charge in [0, 0.05) is 44.6 Å². The second-order valence-electron chi connectivity index (χ2n) is 9.16. The second-order valence-corrected chi connectivity index (χ2v) is 9.16. The Labute approximate surface area is 211 Å². The molecule has 0 bridgehead atoms. The van der Waals surface area contributed by atoms with Crippen molar-refractivity contribution >= 4 is 23.4 Å². The summed E-state index contributed by atoms with van der Waals surface area (Å²) in [4.78, 5) is 44.9. The van der Waals surface area contributed by atoms with E-state index in [-0.39, 0.29) is 24.3 Å². The highest BCUT2D eigenvalue weighted by molar-refractivity contribution is 5.97. The molecule has 36 heavy (non-hydrogen) atoms. The van der Waals surface area contributed by atoms with Gasteiger partial charge in [-0.2, -0.15) is 0 Å². The third kappa shape index (κ3) is 5.31. The van der Waals surface area contributed by atoms with Gasteiger partial charge in [-0.15, -0.1) is 0 Å². The van der Waals surface area contributed by atoms with Crippen molar-refractivity contribution in [3.8, 4) is 5.75 Å². The fraction of sp³-hybridized carbons (Fsp3) is 0.444. The van der Waals surface area contributed by atoms with Gasteiger partial charge in [0.25, 0.3) is 11.8 Å². The van der Waals surface area contributed by atoms with Crippen LogP contribution in [0.2, 0.25) is 0 Å². The molecule has 0 aliphatic carbocycles. The average Bonchev–Trinajstić information content (AvgIpc) is 3.17. The fourth-order valence-corrected chi connectivity index (χ4v) is 4.99. The SMILES string of the molecule is COCCCNC(=O)CN1CN(c2ccccc2)C2(CCN(C(=O)c3ccc(OC)cc3)CC2)C1=O. The molecule has 0 saturated carbocycles. The summed E-state index contributed by atoms with van der Waals surface area (Å²) < 4.78 is 10.2. The molecular weight excluding hydrogens is 460 g/mol. The first-order valence-corrected chi connectivity index (χ1v) is 12.3. The van der Waals surface area contributed by atoms with Crippen LogP contribution in [0.5, 0.6) is 5.75 Å². The summed E-state index contributed by atoms with van der Waals surface area (Å²) in [6.45, 7) is 2.32. The van der Waals surface area contributed by atoms with Crippen LogP contribution in [-0.2, 0) is 14.3 Å². The quantitative estimate of drug-likeness (QED) is 0.537. The first-order valence-electron chi connectivity index (χ1n) is 12.3. The maximum absolute atomic E-state index is 13.8. The Morgan fingerprint density at radius 2 is 1.69 bits per heavy atom. The zero-order chi connectivity index (χ0) is 25.5. The number of carbonyl (C=O) groups is 3. The molecule has 2 fully saturated rings. The molecule has 2 heterocycles. The van der Waals surface area contributed by atoms with Gasteiger partial charge in [-0.1, -0.05) is 18.2 Å². The van der Waals surface area contributed by atoms with E-state index in [1.54, 1.807) is 48.3 Å². The van der Waals surface area contributed by atoms with Crippen molar-refractivity contribution < 1.29 is 23.9 Å². The maximum Gasteiger partial charge on any atom is 0.253 e. The van der Waals surface area contributed by atoms with Crippen molar-refractivity contribution in [3.05, 3.63) is 60.2 Å². The Morgan fingerprint density at radius 1 is 1.00 bits per heavy atom. The van der Waals surface area contributed by atoms with Crippen molar-refractivity contribution in [2.24, 2.45) is 0 Å². The number of benzene rings is 2. The number of likely N-dealkylation sites (tertiary alicyclic amines) is 1. The van der Waals surface area contributed by atoms with Gasteiger partial charge in [-0.05, 0) is 55.7 Å². The number of hydrogen-bond donors (Lipinski definition) is 1. The van der Waals surface area contributed by atoms with Gasteiger partial charge < -0.3 is 29.5 Å². The molecule has 192 valence electrons. The standard InChI is InChI=1S/C27H34N4O5/c1-35-18-6-15-28-24(32)19-30-20-31(22-7-4-3-5-8-22)27(26(30)34)13-16-29(17-14-27)25(33)21-9-11-23(36-2)12-10-21/h3-5,7-12H,6,13-20H2,1-2H3,(H,28,32). The third-order valence-electron chi connectivity index (χ3n) is 6.98.